The van der Waals surface area contributed by atoms with Crippen molar-refractivity contribution in [3.63, 3.8) is 0 Å². The Labute approximate surface area is 141 Å². The topological polar surface area (TPSA) is 55.3 Å². The number of hydrogen-bond acceptors (Lipinski definition) is 4. The van der Waals surface area contributed by atoms with E-state index in [1.165, 1.54) is 4.90 Å². The lowest BCUT2D eigenvalue weighted by Gasteiger charge is -2.30. The number of carbonyl (C=O) groups is 1. The normalized spacial score (nSPS) is 12.6. The van der Waals surface area contributed by atoms with Crippen LogP contribution in [0.5, 0.6) is 0 Å². The van der Waals surface area contributed by atoms with Crippen molar-refractivity contribution in [1.82, 2.24) is 10.2 Å². The average Bonchev–Trinajstić information content (AvgIpc) is 2.48. The van der Waals surface area contributed by atoms with Crippen LogP contribution in [0, 0.1) is 0 Å². The summed E-state index contributed by atoms with van der Waals surface area (Å²) in [6.45, 7) is 7.38. The maximum Gasteiger partial charge on any atom is 0.416 e. The van der Waals surface area contributed by atoms with Gasteiger partial charge in [0.05, 0.1) is 6.04 Å². The smallest absolute Gasteiger partial charge is 0.416 e. The molecule has 0 fully saturated rings. The van der Waals surface area contributed by atoms with E-state index in [2.05, 4.69) is 10.2 Å². The second-order valence-electron chi connectivity index (χ2n) is 6.15. The van der Waals surface area contributed by atoms with Crippen LogP contribution >= 0.6 is 11.6 Å². The van der Waals surface area contributed by atoms with Gasteiger partial charge in [0.2, 0.25) is 0 Å². The highest BCUT2D eigenvalue weighted by Crippen LogP contribution is 2.27. The molecular formula is C17H20ClN3O2. The summed E-state index contributed by atoms with van der Waals surface area (Å²) >= 11 is 5.79. The lowest BCUT2D eigenvalue weighted by Crippen LogP contribution is -2.39. The van der Waals surface area contributed by atoms with E-state index in [4.69, 9.17) is 16.3 Å². The molecule has 0 aliphatic rings. The molecule has 1 aromatic carbocycles. The summed E-state index contributed by atoms with van der Waals surface area (Å²) in [7, 11) is 0. The number of benzene rings is 1. The number of halogens is 1. The van der Waals surface area contributed by atoms with Crippen LogP contribution in [-0.2, 0) is 4.74 Å². The standard InChI is InChI=1S/C17H20ClN3O2/c1-12(13-8-6-5-7-9-13)21(16(22)23-17(2,3)4)15-11-10-14(18)19-20-15/h5-12H,1-4H3. The van der Waals surface area contributed by atoms with E-state index < -0.39 is 11.7 Å². The van der Waals surface area contributed by atoms with Gasteiger partial charge in [-0.1, -0.05) is 41.9 Å². The molecule has 1 unspecified atom stereocenters. The fourth-order valence-electron chi connectivity index (χ4n) is 2.08. The van der Waals surface area contributed by atoms with Crippen molar-refractivity contribution in [2.75, 3.05) is 4.90 Å². The van der Waals surface area contributed by atoms with Crippen LogP contribution in [0.15, 0.2) is 42.5 Å². The minimum absolute atomic E-state index is 0.262. The lowest BCUT2D eigenvalue weighted by molar-refractivity contribution is 0.0566. The van der Waals surface area contributed by atoms with E-state index in [0.717, 1.165) is 5.56 Å². The van der Waals surface area contributed by atoms with Gasteiger partial charge in [-0.05, 0) is 45.4 Å². The number of amides is 1. The molecule has 1 aromatic heterocycles. The molecule has 23 heavy (non-hydrogen) atoms. The summed E-state index contributed by atoms with van der Waals surface area (Å²) < 4.78 is 5.51. The zero-order chi connectivity index (χ0) is 17.0. The lowest BCUT2D eigenvalue weighted by atomic mass is 10.1. The van der Waals surface area contributed by atoms with Gasteiger partial charge in [0.25, 0.3) is 0 Å². The first kappa shape index (κ1) is 17.2. The van der Waals surface area contributed by atoms with Gasteiger partial charge in [-0.15, -0.1) is 10.2 Å². The summed E-state index contributed by atoms with van der Waals surface area (Å²) in [4.78, 5) is 14.1. The number of aromatic nitrogens is 2. The van der Waals surface area contributed by atoms with Gasteiger partial charge in [0.15, 0.2) is 11.0 Å². The molecule has 0 radical (unpaired) electrons. The van der Waals surface area contributed by atoms with Crippen LogP contribution in [0.3, 0.4) is 0 Å². The number of rotatable bonds is 3. The minimum atomic E-state index is -0.606. The molecule has 2 aromatic rings. The molecule has 2 rings (SSSR count). The molecule has 1 atom stereocenters. The van der Waals surface area contributed by atoms with Crippen LogP contribution < -0.4 is 4.90 Å². The van der Waals surface area contributed by atoms with Crippen molar-refractivity contribution >= 4 is 23.5 Å². The zero-order valence-corrected chi connectivity index (χ0v) is 14.4. The van der Waals surface area contributed by atoms with Crippen molar-refractivity contribution in [2.24, 2.45) is 0 Å². The Morgan fingerprint density at radius 3 is 2.30 bits per heavy atom. The molecule has 1 heterocycles. The van der Waals surface area contributed by atoms with Crippen LogP contribution in [0.1, 0.15) is 39.3 Å². The summed E-state index contributed by atoms with van der Waals surface area (Å²) in [6, 6.07) is 12.7. The number of hydrogen-bond donors (Lipinski definition) is 0. The van der Waals surface area contributed by atoms with Gasteiger partial charge in [0.1, 0.15) is 5.60 Å². The molecule has 6 heteroatoms. The molecule has 0 aliphatic carbocycles. The van der Waals surface area contributed by atoms with Crippen molar-refractivity contribution in [3.05, 3.63) is 53.2 Å². The molecule has 122 valence electrons. The van der Waals surface area contributed by atoms with E-state index >= 15 is 0 Å². The second kappa shape index (κ2) is 6.96. The average molecular weight is 334 g/mol. The van der Waals surface area contributed by atoms with E-state index in [9.17, 15) is 4.79 Å². The molecule has 5 nitrogen and oxygen atoms in total. The first-order valence-electron chi connectivity index (χ1n) is 7.34. The Hall–Kier alpha value is -2.14. The third kappa shape index (κ3) is 4.66. The maximum absolute atomic E-state index is 12.7. The second-order valence-corrected chi connectivity index (χ2v) is 6.54. The van der Waals surface area contributed by atoms with Crippen molar-refractivity contribution < 1.29 is 9.53 Å². The first-order chi connectivity index (χ1) is 10.8. The molecular weight excluding hydrogens is 314 g/mol. The zero-order valence-electron chi connectivity index (χ0n) is 13.7. The predicted octanol–water partition coefficient (Wildman–Crippen LogP) is 4.63. The quantitative estimate of drug-likeness (QED) is 0.821. The van der Waals surface area contributed by atoms with Crippen LogP contribution in [0.4, 0.5) is 10.6 Å². The molecule has 0 bridgehead atoms. The van der Waals surface area contributed by atoms with Gasteiger partial charge in [0, 0.05) is 0 Å². The molecule has 0 saturated heterocycles. The number of nitrogens with zero attached hydrogens (tertiary/aromatic N) is 3. The largest absolute Gasteiger partial charge is 0.443 e. The van der Waals surface area contributed by atoms with Crippen LogP contribution in [-0.4, -0.2) is 21.9 Å². The molecule has 0 N–H and O–H groups in total. The Morgan fingerprint density at radius 1 is 1.13 bits per heavy atom. The van der Waals surface area contributed by atoms with E-state index in [0.29, 0.717) is 5.82 Å². The van der Waals surface area contributed by atoms with Crippen molar-refractivity contribution in [1.29, 1.82) is 0 Å². The number of ether oxygens (including phenoxy) is 1. The molecule has 0 spiro atoms. The number of carbonyl (C=O) groups excluding carboxylic acids is 1. The fraction of sp³-hybridized carbons (Fsp3) is 0.353. The van der Waals surface area contributed by atoms with Crippen molar-refractivity contribution in [3.8, 4) is 0 Å². The van der Waals surface area contributed by atoms with Gasteiger partial charge < -0.3 is 4.74 Å². The highest BCUT2D eigenvalue weighted by molar-refractivity contribution is 6.29. The van der Waals surface area contributed by atoms with Gasteiger partial charge in [-0.2, -0.15) is 0 Å². The van der Waals surface area contributed by atoms with Gasteiger partial charge in [-0.25, -0.2) is 4.79 Å². The Bertz CT molecular complexity index is 654. The van der Waals surface area contributed by atoms with Gasteiger partial charge in [-0.3, -0.25) is 4.90 Å². The Morgan fingerprint density at radius 2 is 1.78 bits per heavy atom. The van der Waals surface area contributed by atoms with Gasteiger partial charge >= 0.3 is 6.09 Å². The van der Waals surface area contributed by atoms with E-state index in [1.54, 1.807) is 12.1 Å². The van der Waals surface area contributed by atoms with Crippen LogP contribution in [0.2, 0.25) is 5.15 Å². The van der Waals surface area contributed by atoms with E-state index in [1.807, 2.05) is 58.0 Å². The summed E-state index contributed by atoms with van der Waals surface area (Å²) in [5.74, 6) is 0.389. The Kier molecular flexibility index (Phi) is 5.21. The third-order valence-electron chi connectivity index (χ3n) is 3.12. The van der Waals surface area contributed by atoms with Crippen LogP contribution in [0.25, 0.3) is 0 Å². The minimum Gasteiger partial charge on any atom is -0.443 e. The summed E-state index contributed by atoms with van der Waals surface area (Å²) in [6.07, 6.45) is -0.481. The SMILES string of the molecule is CC(c1ccccc1)N(C(=O)OC(C)(C)C)c1ccc(Cl)nn1. The maximum atomic E-state index is 12.7. The highest BCUT2D eigenvalue weighted by Gasteiger charge is 2.29. The third-order valence-corrected chi connectivity index (χ3v) is 3.33. The van der Waals surface area contributed by atoms with E-state index in [-0.39, 0.29) is 11.2 Å². The molecule has 0 aliphatic heterocycles. The monoisotopic (exact) mass is 333 g/mol. The number of anilines is 1. The first-order valence-corrected chi connectivity index (χ1v) is 7.72. The summed E-state index contributed by atoms with van der Waals surface area (Å²) in [5.41, 5.74) is 0.362. The molecule has 1 amide bonds. The highest BCUT2D eigenvalue weighted by atomic mass is 35.5. The predicted molar refractivity (Wildman–Crippen MR) is 90.6 cm³/mol. The Balaban J connectivity index is 2.38. The van der Waals surface area contributed by atoms with Crippen molar-refractivity contribution in [2.45, 2.75) is 39.3 Å². The molecule has 0 saturated carbocycles. The fourth-order valence-corrected chi connectivity index (χ4v) is 2.18. The summed E-state index contributed by atoms with van der Waals surface area (Å²) in [5, 5.41) is 8.11.